The van der Waals surface area contributed by atoms with Crippen molar-refractivity contribution in [2.45, 2.75) is 96.9 Å². The molecule has 4 aliphatic carbocycles. The van der Waals surface area contributed by atoms with E-state index in [9.17, 15) is 24.9 Å². The van der Waals surface area contributed by atoms with Crippen LogP contribution in [-0.2, 0) is 9.59 Å². The minimum absolute atomic E-state index is 0.0319. The smallest absolute Gasteiger partial charge is 0.322 e. The van der Waals surface area contributed by atoms with E-state index in [1.165, 1.54) is 0 Å². The minimum Gasteiger partial charge on any atom is -0.480 e. The van der Waals surface area contributed by atoms with Crippen molar-refractivity contribution in [2.75, 3.05) is 6.54 Å². The van der Waals surface area contributed by atoms with Gasteiger partial charge in [0.25, 0.3) is 0 Å². The molecule has 4 aliphatic rings. The fourth-order valence-corrected chi connectivity index (χ4v) is 9.04. The van der Waals surface area contributed by atoms with Gasteiger partial charge in [-0.05, 0) is 97.7 Å². The van der Waals surface area contributed by atoms with Crippen molar-refractivity contribution in [2.24, 2.45) is 46.3 Å². The molecule has 1 amide bonds. The molecule has 0 radical (unpaired) electrons. The van der Waals surface area contributed by atoms with Crippen molar-refractivity contribution in [3.05, 3.63) is 0 Å². The van der Waals surface area contributed by atoms with Gasteiger partial charge in [-0.2, -0.15) is 0 Å². The number of carboxylic acids is 1. The highest BCUT2D eigenvalue weighted by atomic mass is 16.4. The number of fused-ring (bicyclic) bond motifs is 5. The molecule has 0 aliphatic heterocycles. The van der Waals surface area contributed by atoms with E-state index in [0.29, 0.717) is 36.5 Å². The van der Waals surface area contributed by atoms with Gasteiger partial charge in [0, 0.05) is 6.42 Å². The number of hydrogen-bond acceptors (Lipinski definition) is 5. The maximum atomic E-state index is 12.0. The minimum atomic E-state index is -1.03. The molecule has 188 valence electrons. The highest BCUT2D eigenvalue weighted by molar-refractivity contribution is 5.81. The lowest BCUT2D eigenvalue weighted by molar-refractivity contribution is -0.223. The van der Waals surface area contributed by atoms with Crippen molar-refractivity contribution < 1.29 is 30.0 Å². The number of hydrogen-bond donors (Lipinski definition) is 5. The lowest BCUT2D eigenvalue weighted by Gasteiger charge is -2.63. The summed E-state index contributed by atoms with van der Waals surface area (Å²) in [5.74, 6) is 0.340. The molecule has 0 bridgehead atoms. The van der Waals surface area contributed by atoms with Gasteiger partial charge in [-0.3, -0.25) is 9.59 Å². The summed E-state index contributed by atoms with van der Waals surface area (Å²) in [6.07, 6.45) is 5.74. The number of carbonyl (C=O) groups excluding carboxylic acids is 1. The van der Waals surface area contributed by atoms with Crippen molar-refractivity contribution in [1.82, 2.24) is 5.32 Å². The van der Waals surface area contributed by atoms with Crippen molar-refractivity contribution in [3.63, 3.8) is 0 Å². The first-order valence-electron chi connectivity index (χ1n) is 13.0. The lowest BCUT2D eigenvalue weighted by atomic mass is 9.43. The van der Waals surface area contributed by atoms with Crippen LogP contribution in [0.1, 0.15) is 78.6 Å². The van der Waals surface area contributed by atoms with Gasteiger partial charge in [0.1, 0.15) is 6.54 Å². The Kier molecular flexibility index (Phi) is 6.89. The predicted octanol–water partition coefficient (Wildman–Crippen LogP) is 2.56. The molecule has 7 heteroatoms. The number of aliphatic hydroxyl groups is 3. The highest BCUT2D eigenvalue weighted by Crippen LogP contribution is 2.68. The number of aliphatic carboxylic acids is 1. The molecular formula is C26H43NO6. The van der Waals surface area contributed by atoms with Gasteiger partial charge in [-0.15, -0.1) is 0 Å². The predicted molar refractivity (Wildman–Crippen MR) is 123 cm³/mol. The molecule has 0 aromatic heterocycles. The molecule has 0 unspecified atom stereocenters. The molecule has 0 spiro atoms. The first-order chi connectivity index (χ1) is 15.5. The first-order valence-corrected chi connectivity index (χ1v) is 13.0. The van der Waals surface area contributed by atoms with E-state index in [-0.39, 0.29) is 41.2 Å². The summed E-state index contributed by atoms with van der Waals surface area (Å²) in [7, 11) is 0. The van der Waals surface area contributed by atoms with Gasteiger partial charge in [0.2, 0.25) is 5.91 Å². The first kappa shape index (κ1) is 24.9. The Morgan fingerprint density at radius 3 is 2.30 bits per heavy atom. The normalized spacial score (nSPS) is 47.7. The molecule has 0 aromatic carbocycles. The van der Waals surface area contributed by atoms with Crippen LogP contribution in [0.2, 0.25) is 0 Å². The molecule has 4 fully saturated rings. The number of carboxylic acid groups (broad SMARTS) is 1. The van der Waals surface area contributed by atoms with Crippen LogP contribution in [-0.4, -0.2) is 57.2 Å². The third-order valence-electron chi connectivity index (χ3n) is 10.7. The summed E-state index contributed by atoms with van der Waals surface area (Å²) in [6.45, 7) is 6.53. The molecule has 0 saturated heterocycles. The SMILES string of the molecule is C[C@H](CCC(=O)NCC(=O)O)[C@H]1CC[C@H]2[C@@H]3[C@@H](O)[C@@H](O)[C@@H]4C[C@H](O)CC[C@]4(C)[C@H]3CC[C@]12C. The Morgan fingerprint density at radius 1 is 0.939 bits per heavy atom. The second-order valence-corrected chi connectivity index (χ2v) is 12.2. The van der Waals surface area contributed by atoms with Crippen LogP contribution in [0.5, 0.6) is 0 Å². The van der Waals surface area contributed by atoms with Gasteiger partial charge in [-0.25, -0.2) is 0 Å². The van der Waals surface area contributed by atoms with Crippen LogP contribution in [0.4, 0.5) is 0 Å². The standard InChI is InChI=1S/C26H43NO6/c1-14(4-7-20(29)27-13-21(30)31)16-5-6-17-22-18(9-11-25(16,17)2)26(3)10-8-15(28)12-19(26)23(32)24(22)33/h14-19,22-24,28,32-33H,4-13H2,1-3H3,(H,27,29)(H,30,31)/t14-,15-,16-,17+,18+,19+,22+,23+,24-,25-,26-/m1/s1. The van der Waals surface area contributed by atoms with Crippen LogP contribution in [0.25, 0.3) is 0 Å². The fraction of sp³-hybridized carbons (Fsp3) is 0.923. The van der Waals surface area contributed by atoms with E-state index in [1.54, 1.807) is 0 Å². The number of amides is 1. The second kappa shape index (κ2) is 9.12. The average Bonchev–Trinajstić information content (AvgIpc) is 3.12. The van der Waals surface area contributed by atoms with Crippen LogP contribution >= 0.6 is 0 Å². The van der Waals surface area contributed by atoms with E-state index < -0.39 is 18.2 Å². The second-order valence-electron chi connectivity index (χ2n) is 12.2. The molecule has 0 heterocycles. The Bertz CT molecular complexity index is 759. The van der Waals surface area contributed by atoms with Crippen molar-refractivity contribution >= 4 is 11.9 Å². The Balaban J connectivity index is 1.47. The molecule has 11 atom stereocenters. The number of nitrogens with one attached hydrogen (secondary N) is 1. The highest BCUT2D eigenvalue weighted by Gasteiger charge is 2.65. The summed E-state index contributed by atoms with van der Waals surface area (Å²) in [4.78, 5) is 22.7. The van der Waals surface area contributed by atoms with Crippen LogP contribution in [0, 0.1) is 46.3 Å². The maximum Gasteiger partial charge on any atom is 0.322 e. The topological polar surface area (TPSA) is 127 Å². The van der Waals surface area contributed by atoms with Gasteiger partial charge in [-0.1, -0.05) is 20.8 Å². The average molecular weight is 466 g/mol. The zero-order valence-electron chi connectivity index (χ0n) is 20.4. The molecule has 4 saturated carbocycles. The van der Waals surface area contributed by atoms with Crippen molar-refractivity contribution in [3.8, 4) is 0 Å². The molecule has 7 nitrogen and oxygen atoms in total. The lowest BCUT2D eigenvalue weighted by Crippen LogP contribution is -2.64. The summed E-state index contributed by atoms with van der Waals surface area (Å²) >= 11 is 0. The van der Waals surface area contributed by atoms with Crippen LogP contribution in [0.3, 0.4) is 0 Å². The third kappa shape index (κ3) is 4.23. The van der Waals surface area contributed by atoms with Gasteiger partial charge < -0.3 is 25.7 Å². The Hall–Kier alpha value is -1.18. The van der Waals surface area contributed by atoms with E-state index in [1.807, 2.05) is 0 Å². The summed E-state index contributed by atoms with van der Waals surface area (Å²) in [6, 6.07) is 0. The zero-order chi connectivity index (χ0) is 24.1. The van der Waals surface area contributed by atoms with Gasteiger partial charge in [0.05, 0.1) is 18.3 Å². The van der Waals surface area contributed by atoms with Crippen LogP contribution < -0.4 is 5.32 Å². The van der Waals surface area contributed by atoms with Gasteiger partial charge >= 0.3 is 5.97 Å². The van der Waals surface area contributed by atoms with E-state index in [4.69, 9.17) is 5.11 Å². The summed E-state index contributed by atoms with van der Waals surface area (Å²) < 4.78 is 0. The number of rotatable bonds is 6. The zero-order valence-corrected chi connectivity index (χ0v) is 20.4. The third-order valence-corrected chi connectivity index (χ3v) is 10.7. The van der Waals surface area contributed by atoms with E-state index in [0.717, 1.165) is 44.9 Å². The Morgan fingerprint density at radius 2 is 1.61 bits per heavy atom. The van der Waals surface area contributed by atoms with E-state index >= 15 is 0 Å². The van der Waals surface area contributed by atoms with Crippen molar-refractivity contribution in [1.29, 1.82) is 0 Å². The maximum absolute atomic E-state index is 12.0. The molecule has 0 aromatic rings. The number of carbonyl (C=O) groups is 2. The fourth-order valence-electron chi connectivity index (χ4n) is 9.04. The van der Waals surface area contributed by atoms with Gasteiger partial charge in [0.15, 0.2) is 0 Å². The number of aliphatic hydroxyl groups excluding tert-OH is 3. The summed E-state index contributed by atoms with van der Waals surface area (Å²) in [5.41, 5.74) is 0.0476. The largest absolute Gasteiger partial charge is 0.480 e. The van der Waals surface area contributed by atoms with E-state index in [2.05, 4.69) is 26.1 Å². The monoisotopic (exact) mass is 465 g/mol. The summed E-state index contributed by atoms with van der Waals surface area (Å²) in [5, 5.41) is 44.0. The van der Waals surface area contributed by atoms with Crippen LogP contribution in [0.15, 0.2) is 0 Å². The quantitative estimate of drug-likeness (QED) is 0.410. The molecular weight excluding hydrogens is 422 g/mol. The molecule has 33 heavy (non-hydrogen) atoms. The Labute approximate surface area is 197 Å². The molecule has 5 N–H and O–H groups in total. The molecule has 4 rings (SSSR count).